The Balaban J connectivity index is 2.38. The number of carboxylic acid groups (broad SMARTS) is 1. The minimum atomic E-state index is -0.983. The van der Waals surface area contributed by atoms with Crippen molar-refractivity contribution >= 4 is 17.5 Å². The number of nitrogens with zero attached hydrogens (tertiary/aromatic N) is 2. The van der Waals surface area contributed by atoms with Crippen LogP contribution in [0.2, 0.25) is 0 Å². The third-order valence-electron chi connectivity index (χ3n) is 3.99. The van der Waals surface area contributed by atoms with Crippen LogP contribution < -0.4 is 9.64 Å². The summed E-state index contributed by atoms with van der Waals surface area (Å²) in [5.74, 6) is 0.887. The molecule has 0 spiro atoms. The SMILES string of the molecule is C=C(C)COc1cc(N(CC)c2ccc(C(=O)O)cn2)ccc1C(C)C. The largest absolute Gasteiger partial charge is 0.489 e. The normalized spacial score (nSPS) is 10.7. The standard InChI is InChI=1S/C21H26N2O3/c1-6-23(20-10-7-16(12-22-20)21(24)25)17-8-9-18(15(4)5)19(11-17)26-13-14(2)3/h7-12,15H,2,6,13H2,1,3-5H3,(H,24,25). The molecule has 0 amide bonds. The van der Waals surface area contributed by atoms with E-state index in [0.29, 0.717) is 24.9 Å². The third kappa shape index (κ3) is 4.63. The van der Waals surface area contributed by atoms with Crippen molar-refractivity contribution in [1.29, 1.82) is 0 Å². The molecule has 138 valence electrons. The zero-order chi connectivity index (χ0) is 19.3. The predicted molar refractivity (Wildman–Crippen MR) is 105 cm³/mol. The summed E-state index contributed by atoms with van der Waals surface area (Å²) in [6.07, 6.45) is 1.38. The molecule has 1 heterocycles. The molecule has 0 atom stereocenters. The Hall–Kier alpha value is -2.82. The lowest BCUT2D eigenvalue weighted by Gasteiger charge is -2.24. The summed E-state index contributed by atoms with van der Waals surface area (Å²) in [4.78, 5) is 17.3. The summed E-state index contributed by atoms with van der Waals surface area (Å²) in [6, 6.07) is 9.40. The van der Waals surface area contributed by atoms with Gasteiger partial charge in [-0.3, -0.25) is 0 Å². The van der Waals surface area contributed by atoms with Crippen molar-refractivity contribution in [1.82, 2.24) is 4.98 Å². The molecule has 0 radical (unpaired) electrons. The molecule has 0 aliphatic carbocycles. The maximum atomic E-state index is 11.0. The van der Waals surface area contributed by atoms with Crippen LogP contribution in [-0.4, -0.2) is 29.2 Å². The molecule has 1 N–H and O–H groups in total. The molecule has 0 unspecified atom stereocenters. The fourth-order valence-electron chi connectivity index (χ4n) is 2.64. The Morgan fingerprint density at radius 3 is 2.54 bits per heavy atom. The minimum Gasteiger partial charge on any atom is -0.489 e. The lowest BCUT2D eigenvalue weighted by atomic mass is 10.0. The van der Waals surface area contributed by atoms with Crippen LogP contribution in [-0.2, 0) is 0 Å². The van der Waals surface area contributed by atoms with Gasteiger partial charge in [0.05, 0.1) is 5.56 Å². The van der Waals surface area contributed by atoms with E-state index in [9.17, 15) is 4.79 Å². The molecule has 0 aliphatic heterocycles. The highest BCUT2D eigenvalue weighted by Gasteiger charge is 2.15. The number of carbonyl (C=O) groups is 1. The minimum absolute atomic E-state index is 0.172. The molecule has 2 aromatic rings. The van der Waals surface area contributed by atoms with Crippen molar-refractivity contribution in [3.8, 4) is 5.75 Å². The molecule has 2 rings (SSSR count). The van der Waals surface area contributed by atoms with Gasteiger partial charge in [0.1, 0.15) is 18.2 Å². The number of aromatic carboxylic acids is 1. The number of pyridine rings is 1. The fraction of sp³-hybridized carbons (Fsp3) is 0.333. The van der Waals surface area contributed by atoms with E-state index in [2.05, 4.69) is 31.5 Å². The smallest absolute Gasteiger partial charge is 0.337 e. The highest BCUT2D eigenvalue weighted by Crippen LogP contribution is 2.33. The summed E-state index contributed by atoms with van der Waals surface area (Å²) in [6.45, 7) is 13.3. The van der Waals surface area contributed by atoms with E-state index >= 15 is 0 Å². The van der Waals surface area contributed by atoms with Gasteiger partial charge >= 0.3 is 5.97 Å². The zero-order valence-corrected chi connectivity index (χ0v) is 15.8. The van der Waals surface area contributed by atoms with Gasteiger partial charge in [0, 0.05) is 24.5 Å². The summed E-state index contributed by atoms with van der Waals surface area (Å²) < 4.78 is 5.96. The average Bonchev–Trinajstić information content (AvgIpc) is 2.61. The summed E-state index contributed by atoms with van der Waals surface area (Å²) in [5, 5.41) is 9.03. The van der Waals surface area contributed by atoms with Gasteiger partial charge in [-0.15, -0.1) is 0 Å². The van der Waals surface area contributed by atoms with Crippen LogP contribution in [0.5, 0.6) is 5.75 Å². The van der Waals surface area contributed by atoms with Gasteiger partial charge in [-0.1, -0.05) is 26.5 Å². The first kappa shape index (κ1) is 19.5. The quantitative estimate of drug-likeness (QED) is 0.675. The Morgan fingerprint density at radius 2 is 2.04 bits per heavy atom. The highest BCUT2D eigenvalue weighted by atomic mass is 16.5. The lowest BCUT2D eigenvalue weighted by molar-refractivity contribution is 0.0696. The maximum Gasteiger partial charge on any atom is 0.337 e. The van der Waals surface area contributed by atoms with Crippen LogP contribution in [0.15, 0.2) is 48.7 Å². The van der Waals surface area contributed by atoms with Crippen molar-refractivity contribution in [2.45, 2.75) is 33.6 Å². The van der Waals surface area contributed by atoms with E-state index < -0.39 is 5.97 Å². The molecule has 1 aromatic carbocycles. The van der Waals surface area contributed by atoms with E-state index in [0.717, 1.165) is 22.6 Å². The Labute approximate surface area is 154 Å². The molecular weight excluding hydrogens is 328 g/mol. The molecular formula is C21H26N2O3. The monoisotopic (exact) mass is 354 g/mol. The van der Waals surface area contributed by atoms with Crippen LogP contribution in [0, 0.1) is 0 Å². The summed E-state index contributed by atoms with van der Waals surface area (Å²) in [5.41, 5.74) is 3.22. The predicted octanol–water partition coefficient (Wildman–Crippen LogP) is 5.02. The van der Waals surface area contributed by atoms with Gasteiger partial charge in [0.15, 0.2) is 0 Å². The summed E-state index contributed by atoms with van der Waals surface area (Å²) in [7, 11) is 0. The van der Waals surface area contributed by atoms with E-state index in [1.807, 2.05) is 30.9 Å². The molecule has 0 saturated heterocycles. The number of carboxylic acids is 1. The number of hydrogen-bond donors (Lipinski definition) is 1. The first-order valence-corrected chi connectivity index (χ1v) is 8.71. The maximum absolute atomic E-state index is 11.0. The number of ether oxygens (including phenoxy) is 1. The second kappa shape index (κ2) is 8.52. The third-order valence-corrected chi connectivity index (χ3v) is 3.99. The van der Waals surface area contributed by atoms with Gasteiger partial charge in [-0.25, -0.2) is 9.78 Å². The molecule has 5 nitrogen and oxygen atoms in total. The number of anilines is 2. The zero-order valence-electron chi connectivity index (χ0n) is 15.8. The number of benzene rings is 1. The van der Waals surface area contributed by atoms with Crippen LogP contribution in [0.3, 0.4) is 0 Å². The molecule has 26 heavy (non-hydrogen) atoms. The van der Waals surface area contributed by atoms with Crippen molar-refractivity contribution in [2.24, 2.45) is 0 Å². The van der Waals surface area contributed by atoms with Gasteiger partial charge in [-0.05, 0) is 49.1 Å². The first-order valence-electron chi connectivity index (χ1n) is 8.71. The average molecular weight is 354 g/mol. The van der Waals surface area contributed by atoms with E-state index in [-0.39, 0.29) is 5.56 Å². The first-order chi connectivity index (χ1) is 12.3. The van der Waals surface area contributed by atoms with Crippen LogP contribution in [0.1, 0.15) is 49.5 Å². The second-order valence-electron chi connectivity index (χ2n) is 6.58. The van der Waals surface area contributed by atoms with Crippen LogP contribution in [0.25, 0.3) is 0 Å². The number of rotatable bonds is 8. The molecule has 5 heteroatoms. The highest BCUT2D eigenvalue weighted by molar-refractivity contribution is 5.87. The van der Waals surface area contributed by atoms with Gasteiger partial charge in [0.2, 0.25) is 0 Å². The van der Waals surface area contributed by atoms with E-state index in [1.54, 1.807) is 12.1 Å². The van der Waals surface area contributed by atoms with Crippen molar-refractivity contribution < 1.29 is 14.6 Å². The Morgan fingerprint density at radius 1 is 1.31 bits per heavy atom. The molecule has 0 saturated carbocycles. The van der Waals surface area contributed by atoms with Crippen LogP contribution in [0.4, 0.5) is 11.5 Å². The molecule has 1 aromatic heterocycles. The molecule has 0 fully saturated rings. The second-order valence-corrected chi connectivity index (χ2v) is 6.58. The molecule has 0 aliphatic rings. The van der Waals surface area contributed by atoms with E-state index in [4.69, 9.17) is 9.84 Å². The Kier molecular flexibility index (Phi) is 6.39. The van der Waals surface area contributed by atoms with Crippen molar-refractivity contribution in [2.75, 3.05) is 18.1 Å². The van der Waals surface area contributed by atoms with Gasteiger partial charge in [-0.2, -0.15) is 0 Å². The number of hydrogen-bond acceptors (Lipinski definition) is 4. The van der Waals surface area contributed by atoms with Gasteiger partial charge in [0.25, 0.3) is 0 Å². The lowest BCUT2D eigenvalue weighted by Crippen LogP contribution is -2.18. The van der Waals surface area contributed by atoms with Crippen molar-refractivity contribution in [3.05, 3.63) is 59.8 Å². The Bertz CT molecular complexity index is 782. The topological polar surface area (TPSA) is 62.7 Å². The van der Waals surface area contributed by atoms with Crippen LogP contribution >= 0.6 is 0 Å². The van der Waals surface area contributed by atoms with Crippen molar-refractivity contribution in [3.63, 3.8) is 0 Å². The van der Waals surface area contributed by atoms with E-state index in [1.165, 1.54) is 6.20 Å². The molecule has 0 bridgehead atoms. The fourth-order valence-corrected chi connectivity index (χ4v) is 2.64. The summed E-state index contributed by atoms with van der Waals surface area (Å²) >= 11 is 0. The van der Waals surface area contributed by atoms with Gasteiger partial charge < -0.3 is 14.7 Å². The number of aromatic nitrogens is 1.